The Balaban J connectivity index is 2.34. The lowest BCUT2D eigenvalue weighted by atomic mass is 10.2. The first kappa shape index (κ1) is 10.6. The standard InChI is InChI=1S/C14H7FN2OS/c15-8-5-6-9-10(7-8)16-14-17(13(9)18)11-3-1-2-4-12(11)19-14/h1-7H. The molecule has 0 bridgehead atoms. The first-order valence-corrected chi connectivity index (χ1v) is 6.55. The van der Waals surface area contributed by atoms with Crippen molar-refractivity contribution >= 4 is 37.4 Å². The van der Waals surface area contributed by atoms with Crippen LogP contribution in [-0.2, 0) is 0 Å². The fourth-order valence-electron chi connectivity index (χ4n) is 2.25. The van der Waals surface area contributed by atoms with E-state index in [9.17, 15) is 9.18 Å². The van der Waals surface area contributed by atoms with E-state index in [1.54, 1.807) is 4.40 Å². The first-order valence-electron chi connectivity index (χ1n) is 5.73. The topological polar surface area (TPSA) is 34.4 Å². The van der Waals surface area contributed by atoms with E-state index in [-0.39, 0.29) is 11.4 Å². The number of aromatic nitrogens is 2. The van der Waals surface area contributed by atoms with Crippen molar-refractivity contribution in [1.29, 1.82) is 0 Å². The van der Waals surface area contributed by atoms with E-state index in [0.29, 0.717) is 15.9 Å². The van der Waals surface area contributed by atoms with Gasteiger partial charge in [0.2, 0.25) is 0 Å². The lowest BCUT2D eigenvalue weighted by Crippen LogP contribution is -2.13. The van der Waals surface area contributed by atoms with Crippen molar-refractivity contribution in [2.45, 2.75) is 0 Å². The third kappa shape index (κ3) is 1.42. The van der Waals surface area contributed by atoms with Crippen molar-refractivity contribution in [3.63, 3.8) is 0 Å². The van der Waals surface area contributed by atoms with E-state index in [2.05, 4.69) is 4.98 Å². The second-order valence-corrected chi connectivity index (χ2v) is 5.28. The van der Waals surface area contributed by atoms with Crippen LogP contribution in [0.15, 0.2) is 47.3 Å². The molecule has 2 aromatic heterocycles. The second kappa shape index (κ2) is 3.61. The number of benzene rings is 2. The molecule has 2 heterocycles. The lowest BCUT2D eigenvalue weighted by Gasteiger charge is -1.99. The predicted molar refractivity (Wildman–Crippen MR) is 74.3 cm³/mol. The molecule has 5 heteroatoms. The summed E-state index contributed by atoms with van der Waals surface area (Å²) in [6, 6.07) is 11.7. The molecule has 0 fully saturated rings. The maximum atomic E-state index is 13.2. The van der Waals surface area contributed by atoms with Gasteiger partial charge in [-0.3, -0.25) is 9.20 Å². The predicted octanol–water partition coefficient (Wildman–Crippen LogP) is 3.20. The van der Waals surface area contributed by atoms with Crippen molar-refractivity contribution in [3.8, 4) is 0 Å². The zero-order valence-electron chi connectivity index (χ0n) is 9.63. The fourth-order valence-corrected chi connectivity index (χ4v) is 3.27. The molecule has 0 aliphatic carbocycles. The van der Waals surface area contributed by atoms with Crippen molar-refractivity contribution in [2.75, 3.05) is 0 Å². The minimum absolute atomic E-state index is 0.155. The van der Waals surface area contributed by atoms with Gasteiger partial charge < -0.3 is 0 Å². The van der Waals surface area contributed by atoms with Gasteiger partial charge in [0.15, 0.2) is 4.96 Å². The molecule has 0 aliphatic heterocycles. The molecule has 0 radical (unpaired) electrons. The summed E-state index contributed by atoms with van der Waals surface area (Å²) in [5.74, 6) is -0.384. The molecule has 19 heavy (non-hydrogen) atoms. The number of thiazole rings is 1. The van der Waals surface area contributed by atoms with Gasteiger partial charge in [-0.25, -0.2) is 9.37 Å². The molecule has 3 nitrogen and oxygen atoms in total. The van der Waals surface area contributed by atoms with Crippen LogP contribution in [0.1, 0.15) is 0 Å². The van der Waals surface area contributed by atoms with Gasteiger partial charge in [0, 0.05) is 6.07 Å². The summed E-state index contributed by atoms with van der Waals surface area (Å²) < 4.78 is 15.8. The number of hydrogen-bond acceptors (Lipinski definition) is 3. The maximum Gasteiger partial charge on any atom is 0.266 e. The Morgan fingerprint density at radius 3 is 2.89 bits per heavy atom. The summed E-state index contributed by atoms with van der Waals surface area (Å²) in [6.45, 7) is 0. The van der Waals surface area contributed by atoms with Crippen LogP contribution in [0, 0.1) is 5.82 Å². The van der Waals surface area contributed by atoms with E-state index in [1.807, 2.05) is 24.3 Å². The van der Waals surface area contributed by atoms with Crippen molar-refractivity contribution < 1.29 is 4.39 Å². The molecule has 0 aliphatic rings. The van der Waals surface area contributed by atoms with Crippen LogP contribution in [-0.4, -0.2) is 9.38 Å². The molecular weight excluding hydrogens is 263 g/mol. The largest absolute Gasteiger partial charge is 0.268 e. The molecule has 4 aromatic rings. The Bertz CT molecular complexity index is 1000. The average molecular weight is 270 g/mol. The zero-order chi connectivity index (χ0) is 13.0. The Hall–Kier alpha value is -2.27. The van der Waals surface area contributed by atoms with Crippen LogP contribution in [0.4, 0.5) is 4.39 Å². The van der Waals surface area contributed by atoms with Crippen LogP contribution >= 0.6 is 11.3 Å². The van der Waals surface area contributed by atoms with Crippen LogP contribution in [0.5, 0.6) is 0 Å². The van der Waals surface area contributed by atoms with Crippen LogP contribution in [0.3, 0.4) is 0 Å². The molecule has 0 N–H and O–H groups in total. The smallest absolute Gasteiger partial charge is 0.266 e. The van der Waals surface area contributed by atoms with Crippen LogP contribution in [0.2, 0.25) is 0 Å². The van der Waals surface area contributed by atoms with Crippen LogP contribution < -0.4 is 5.56 Å². The maximum absolute atomic E-state index is 13.2. The van der Waals surface area contributed by atoms with Gasteiger partial charge in [0.1, 0.15) is 5.82 Å². The fraction of sp³-hybridized carbons (Fsp3) is 0. The van der Waals surface area contributed by atoms with E-state index >= 15 is 0 Å². The van der Waals surface area contributed by atoms with Crippen molar-refractivity contribution in [3.05, 3.63) is 58.6 Å². The summed E-state index contributed by atoms with van der Waals surface area (Å²) in [4.78, 5) is 17.4. The highest BCUT2D eigenvalue weighted by Gasteiger charge is 2.11. The normalized spacial score (nSPS) is 11.6. The van der Waals surface area contributed by atoms with E-state index in [4.69, 9.17) is 0 Å². The molecule has 0 atom stereocenters. The molecule has 0 amide bonds. The Morgan fingerprint density at radius 1 is 1.16 bits per heavy atom. The van der Waals surface area contributed by atoms with E-state index < -0.39 is 0 Å². The summed E-state index contributed by atoms with van der Waals surface area (Å²) in [6.07, 6.45) is 0. The average Bonchev–Trinajstić information content (AvgIpc) is 2.76. The van der Waals surface area contributed by atoms with Gasteiger partial charge in [-0.1, -0.05) is 23.5 Å². The minimum atomic E-state index is -0.384. The third-order valence-corrected chi connectivity index (χ3v) is 4.13. The van der Waals surface area contributed by atoms with Gasteiger partial charge in [0.05, 0.1) is 21.1 Å². The molecule has 0 unspecified atom stereocenters. The highest BCUT2D eigenvalue weighted by molar-refractivity contribution is 7.23. The number of halogens is 1. The molecule has 2 aromatic carbocycles. The minimum Gasteiger partial charge on any atom is -0.268 e. The van der Waals surface area contributed by atoms with E-state index in [0.717, 1.165) is 10.2 Å². The summed E-state index contributed by atoms with van der Waals surface area (Å²) in [7, 11) is 0. The Kier molecular flexibility index (Phi) is 2.02. The second-order valence-electron chi connectivity index (χ2n) is 4.27. The quantitative estimate of drug-likeness (QED) is 0.492. The summed E-state index contributed by atoms with van der Waals surface area (Å²) in [5, 5.41) is 0.433. The van der Waals surface area contributed by atoms with Crippen LogP contribution in [0.25, 0.3) is 26.1 Å². The summed E-state index contributed by atoms with van der Waals surface area (Å²) in [5.41, 5.74) is 1.08. The summed E-state index contributed by atoms with van der Waals surface area (Å²) >= 11 is 1.43. The van der Waals surface area contributed by atoms with Gasteiger partial charge in [-0.05, 0) is 24.3 Å². The monoisotopic (exact) mass is 270 g/mol. The molecular formula is C14H7FN2OS. The van der Waals surface area contributed by atoms with Gasteiger partial charge in [-0.15, -0.1) is 0 Å². The highest BCUT2D eigenvalue weighted by atomic mass is 32.1. The lowest BCUT2D eigenvalue weighted by molar-refractivity contribution is 0.629. The van der Waals surface area contributed by atoms with Crippen molar-refractivity contribution in [2.24, 2.45) is 0 Å². The zero-order valence-corrected chi connectivity index (χ0v) is 10.4. The number of hydrogen-bond donors (Lipinski definition) is 0. The third-order valence-electron chi connectivity index (χ3n) is 3.11. The Morgan fingerprint density at radius 2 is 2.00 bits per heavy atom. The van der Waals surface area contributed by atoms with E-state index in [1.165, 1.54) is 29.5 Å². The molecule has 0 saturated heterocycles. The Labute approximate surface area is 110 Å². The SMILES string of the molecule is O=c1c2ccc(F)cc2nc2sc3ccccc3n12. The number of fused-ring (bicyclic) bond motifs is 4. The molecule has 0 spiro atoms. The molecule has 0 saturated carbocycles. The van der Waals surface area contributed by atoms with Gasteiger partial charge in [-0.2, -0.15) is 0 Å². The first-order chi connectivity index (χ1) is 9.24. The van der Waals surface area contributed by atoms with Gasteiger partial charge in [0.25, 0.3) is 5.56 Å². The number of para-hydroxylation sites is 1. The molecule has 4 rings (SSSR count). The number of nitrogens with zero attached hydrogens (tertiary/aromatic N) is 2. The van der Waals surface area contributed by atoms with Gasteiger partial charge >= 0.3 is 0 Å². The highest BCUT2D eigenvalue weighted by Crippen LogP contribution is 2.24. The molecule has 92 valence electrons. The van der Waals surface area contributed by atoms with Crippen molar-refractivity contribution in [1.82, 2.24) is 9.38 Å². The number of rotatable bonds is 0.